The van der Waals surface area contributed by atoms with E-state index in [0.29, 0.717) is 0 Å². The predicted octanol–water partition coefficient (Wildman–Crippen LogP) is 3.79. The number of carbonyl (C=O) groups excluding carboxylic acids is 1. The van der Waals surface area contributed by atoms with Crippen LogP contribution < -0.4 is 0 Å². The van der Waals surface area contributed by atoms with Crippen LogP contribution in [0.15, 0.2) is 72.7 Å². The van der Waals surface area contributed by atoms with Crippen LogP contribution in [0.2, 0.25) is 0 Å². The summed E-state index contributed by atoms with van der Waals surface area (Å²) in [4.78, 5) is 10.8. The molecule has 0 saturated carbocycles. The van der Waals surface area contributed by atoms with Gasteiger partial charge >= 0.3 is 5.97 Å². The van der Waals surface area contributed by atoms with Gasteiger partial charge in [0.25, 0.3) is 0 Å². The Bertz CT molecular complexity index is 565. The molecule has 0 spiro atoms. The highest BCUT2D eigenvalue weighted by Crippen LogP contribution is 2.21. The Morgan fingerprint density at radius 2 is 1.42 bits per heavy atom. The van der Waals surface area contributed by atoms with Crippen molar-refractivity contribution in [1.29, 1.82) is 0 Å². The maximum Gasteiger partial charge on any atom is 0.308 e. The SMILES string of the molecule is CC(=O)OC=C=C(c1ccccc1)c1ccccc1. The predicted molar refractivity (Wildman–Crippen MR) is 75.2 cm³/mol. The van der Waals surface area contributed by atoms with E-state index in [2.05, 4.69) is 5.73 Å². The second-order valence-electron chi connectivity index (χ2n) is 3.98. The standard InChI is InChI=1S/C17H14O2/c1-14(18)19-13-12-17(15-8-4-2-5-9-15)16-10-6-3-7-11-16/h2-11,13H,1H3. The van der Waals surface area contributed by atoms with Gasteiger partial charge in [-0.05, 0) is 11.1 Å². The second kappa shape index (κ2) is 6.39. The molecular weight excluding hydrogens is 236 g/mol. The molecule has 0 radical (unpaired) electrons. The molecule has 0 fully saturated rings. The first-order valence-electron chi connectivity index (χ1n) is 6.00. The number of benzene rings is 2. The zero-order chi connectivity index (χ0) is 13.5. The molecule has 2 heteroatoms. The Balaban J connectivity index is 2.46. The second-order valence-corrected chi connectivity index (χ2v) is 3.98. The zero-order valence-electron chi connectivity index (χ0n) is 10.7. The minimum Gasteiger partial charge on any atom is -0.426 e. The van der Waals surface area contributed by atoms with Crippen LogP contribution >= 0.6 is 0 Å². The summed E-state index contributed by atoms with van der Waals surface area (Å²) in [6, 6.07) is 19.8. The Hall–Kier alpha value is -2.57. The van der Waals surface area contributed by atoms with Crippen molar-refractivity contribution in [2.45, 2.75) is 6.92 Å². The molecule has 0 atom stereocenters. The lowest BCUT2D eigenvalue weighted by molar-refractivity contribution is -0.135. The lowest BCUT2D eigenvalue weighted by Gasteiger charge is -2.04. The molecule has 2 nitrogen and oxygen atoms in total. The lowest BCUT2D eigenvalue weighted by atomic mass is 9.99. The van der Waals surface area contributed by atoms with E-state index in [0.717, 1.165) is 16.7 Å². The first-order chi connectivity index (χ1) is 9.27. The van der Waals surface area contributed by atoms with E-state index in [1.165, 1.54) is 13.2 Å². The summed E-state index contributed by atoms with van der Waals surface area (Å²) in [7, 11) is 0. The molecule has 0 aromatic heterocycles. The van der Waals surface area contributed by atoms with E-state index in [1.54, 1.807) is 0 Å². The molecule has 19 heavy (non-hydrogen) atoms. The molecule has 94 valence electrons. The van der Waals surface area contributed by atoms with Crippen LogP contribution in [-0.4, -0.2) is 5.97 Å². The summed E-state index contributed by atoms with van der Waals surface area (Å²) < 4.78 is 4.82. The van der Waals surface area contributed by atoms with Gasteiger partial charge in [0, 0.05) is 12.5 Å². The monoisotopic (exact) mass is 250 g/mol. The highest BCUT2D eigenvalue weighted by molar-refractivity contribution is 5.79. The summed E-state index contributed by atoms with van der Waals surface area (Å²) in [5.41, 5.74) is 5.97. The third-order valence-electron chi connectivity index (χ3n) is 2.55. The highest BCUT2D eigenvalue weighted by Gasteiger charge is 2.02. The number of rotatable bonds is 3. The van der Waals surface area contributed by atoms with Gasteiger partial charge in [0.1, 0.15) is 6.26 Å². The highest BCUT2D eigenvalue weighted by atomic mass is 16.5. The van der Waals surface area contributed by atoms with Crippen LogP contribution in [0.25, 0.3) is 5.57 Å². The summed E-state index contributed by atoms with van der Waals surface area (Å²) in [5.74, 6) is -0.354. The van der Waals surface area contributed by atoms with Crippen molar-refractivity contribution in [3.63, 3.8) is 0 Å². The number of hydrogen-bond acceptors (Lipinski definition) is 2. The molecule has 0 aliphatic carbocycles. The van der Waals surface area contributed by atoms with Gasteiger partial charge in [0.05, 0.1) is 0 Å². The fraction of sp³-hybridized carbons (Fsp3) is 0.0588. The van der Waals surface area contributed by atoms with Gasteiger partial charge in [-0.3, -0.25) is 4.79 Å². The van der Waals surface area contributed by atoms with Crippen molar-refractivity contribution in [3.8, 4) is 0 Å². The Kier molecular flexibility index (Phi) is 4.33. The Labute approximate surface area is 112 Å². The molecule has 0 saturated heterocycles. The molecule has 0 aliphatic heterocycles. The van der Waals surface area contributed by atoms with Gasteiger partial charge in [0.2, 0.25) is 0 Å². The van der Waals surface area contributed by atoms with Crippen LogP contribution in [0, 0.1) is 0 Å². The molecule has 0 unspecified atom stereocenters. The molecule has 0 amide bonds. The average Bonchev–Trinajstić information content (AvgIpc) is 2.45. The zero-order valence-corrected chi connectivity index (χ0v) is 10.7. The van der Waals surface area contributed by atoms with Gasteiger partial charge in [-0.25, -0.2) is 0 Å². The van der Waals surface area contributed by atoms with E-state index in [-0.39, 0.29) is 5.97 Å². The van der Waals surface area contributed by atoms with Gasteiger partial charge in [-0.1, -0.05) is 66.4 Å². The largest absolute Gasteiger partial charge is 0.426 e. The number of hydrogen-bond donors (Lipinski definition) is 0. The summed E-state index contributed by atoms with van der Waals surface area (Å²) in [5, 5.41) is 0. The molecule has 0 N–H and O–H groups in total. The van der Waals surface area contributed by atoms with Crippen molar-refractivity contribution in [3.05, 3.63) is 83.8 Å². The third-order valence-corrected chi connectivity index (χ3v) is 2.55. The molecular formula is C17H14O2. The van der Waals surface area contributed by atoms with Crippen LogP contribution in [0.3, 0.4) is 0 Å². The van der Waals surface area contributed by atoms with Crippen LogP contribution in [0.5, 0.6) is 0 Å². The fourth-order valence-electron chi connectivity index (χ4n) is 1.71. The summed E-state index contributed by atoms with van der Waals surface area (Å²) in [6.07, 6.45) is 1.30. The number of ether oxygens (including phenoxy) is 1. The molecule has 0 heterocycles. The van der Waals surface area contributed by atoms with Crippen LogP contribution in [0.1, 0.15) is 18.1 Å². The Morgan fingerprint density at radius 3 is 1.84 bits per heavy atom. The summed E-state index contributed by atoms with van der Waals surface area (Å²) in [6.45, 7) is 1.36. The average molecular weight is 250 g/mol. The van der Waals surface area contributed by atoms with Crippen molar-refractivity contribution < 1.29 is 9.53 Å². The number of esters is 1. The van der Waals surface area contributed by atoms with Crippen molar-refractivity contribution in [1.82, 2.24) is 0 Å². The van der Waals surface area contributed by atoms with E-state index in [1.807, 2.05) is 60.7 Å². The van der Waals surface area contributed by atoms with Gasteiger partial charge in [0.15, 0.2) is 0 Å². The summed E-state index contributed by atoms with van der Waals surface area (Å²) >= 11 is 0. The van der Waals surface area contributed by atoms with Gasteiger partial charge in [-0.2, -0.15) is 0 Å². The minimum absolute atomic E-state index is 0.354. The topological polar surface area (TPSA) is 26.3 Å². The molecule has 0 aliphatic rings. The van der Waals surface area contributed by atoms with E-state index in [4.69, 9.17) is 4.74 Å². The molecule has 0 bridgehead atoms. The number of carbonyl (C=O) groups is 1. The minimum atomic E-state index is -0.354. The maximum absolute atomic E-state index is 10.8. The van der Waals surface area contributed by atoms with Gasteiger partial charge < -0.3 is 4.74 Å². The molecule has 2 aromatic carbocycles. The third kappa shape index (κ3) is 3.70. The van der Waals surface area contributed by atoms with Crippen LogP contribution in [-0.2, 0) is 9.53 Å². The molecule has 2 rings (SSSR count). The first-order valence-corrected chi connectivity index (χ1v) is 6.00. The quantitative estimate of drug-likeness (QED) is 0.470. The van der Waals surface area contributed by atoms with Gasteiger partial charge in [-0.15, -0.1) is 0 Å². The smallest absolute Gasteiger partial charge is 0.308 e. The first kappa shape index (κ1) is 12.9. The molecule has 2 aromatic rings. The van der Waals surface area contributed by atoms with E-state index >= 15 is 0 Å². The Morgan fingerprint density at radius 1 is 0.947 bits per heavy atom. The normalized spacial score (nSPS) is 9.32. The van der Waals surface area contributed by atoms with Crippen LogP contribution in [0.4, 0.5) is 0 Å². The van der Waals surface area contributed by atoms with Crippen molar-refractivity contribution >= 4 is 11.5 Å². The van der Waals surface area contributed by atoms with Crippen molar-refractivity contribution in [2.75, 3.05) is 0 Å². The maximum atomic E-state index is 10.8. The fourth-order valence-corrected chi connectivity index (χ4v) is 1.71. The lowest BCUT2D eigenvalue weighted by Crippen LogP contribution is -1.90. The van der Waals surface area contributed by atoms with E-state index < -0.39 is 0 Å². The van der Waals surface area contributed by atoms with E-state index in [9.17, 15) is 4.79 Å². The van der Waals surface area contributed by atoms with Crippen molar-refractivity contribution in [2.24, 2.45) is 0 Å².